The van der Waals surface area contributed by atoms with Gasteiger partial charge < -0.3 is 25.8 Å². The molecule has 1 atom stereocenters. The highest BCUT2D eigenvalue weighted by Crippen LogP contribution is 2.40. The van der Waals surface area contributed by atoms with E-state index in [0.29, 0.717) is 6.42 Å². The number of allylic oxidation sites excluding steroid dienone is 3. The van der Waals surface area contributed by atoms with E-state index in [2.05, 4.69) is 41.8 Å². The number of piperidine rings is 1. The van der Waals surface area contributed by atoms with Crippen LogP contribution in [0.3, 0.4) is 0 Å². The van der Waals surface area contributed by atoms with Crippen LogP contribution in [0.15, 0.2) is 97.1 Å². The van der Waals surface area contributed by atoms with Crippen molar-refractivity contribution in [2.75, 3.05) is 26.7 Å². The summed E-state index contributed by atoms with van der Waals surface area (Å²) < 4.78 is 11.8. The predicted octanol–water partition coefficient (Wildman–Crippen LogP) is 7.18. The van der Waals surface area contributed by atoms with Crippen LogP contribution in [0.4, 0.5) is 0 Å². The molecule has 2 aliphatic rings. The van der Waals surface area contributed by atoms with Crippen molar-refractivity contribution < 1.29 is 14.3 Å². The fraction of sp³-hybridized carbons (Fsp3) is 0.400. The van der Waals surface area contributed by atoms with E-state index < -0.39 is 11.9 Å². The van der Waals surface area contributed by atoms with Crippen molar-refractivity contribution in [3.8, 4) is 17.6 Å². The molecule has 2 heterocycles. The Bertz CT molecular complexity index is 1440. The molecule has 2 aliphatic heterocycles. The standard InChI is InChI=1S/C23H26N2O2.C9H12N2O.C6H10.C2H6/c1-26-21-6-7-22-20(16-21)8-10-23(27-22)11-14-25(15-12-23)13-9-18-2-4-19(17-24)5-3-18;10-8(9(11)12)6-7-4-2-1-3-5-7;1-4-5-6(2)3;1-2/h2-7,16H,8-15H2,1H3;1-5,8H,6,10H2,(H2,11,12);4-5H,2H2,1,3H3;1-2H3/b;;5-4-;/t;8-;;/m.1../s1. The van der Waals surface area contributed by atoms with Gasteiger partial charge in [0.05, 0.1) is 24.8 Å². The van der Waals surface area contributed by atoms with E-state index in [-0.39, 0.29) is 5.60 Å². The molecule has 0 unspecified atom stereocenters. The van der Waals surface area contributed by atoms with Crippen LogP contribution in [0.25, 0.3) is 0 Å². The number of carbonyl (C=O) groups excluding carboxylic acids is 1. The van der Waals surface area contributed by atoms with Gasteiger partial charge >= 0.3 is 0 Å². The normalized spacial score (nSPS) is 15.1. The van der Waals surface area contributed by atoms with Crippen LogP contribution < -0.4 is 20.9 Å². The molecule has 1 saturated heterocycles. The number of carbonyl (C=O) groups is 1. The lowest BCUT2D eigenvalue weighted by Crippen LogP contribution is -2.50. The summed E-state index contributed by atoms with van der Waals surface area (Å²) in [6.45, 7) is 14.8. The summed E-state index contributed by atoms with van der Waals surface area (Å²) in [6.07, 6.45) is 9.83. The Labute approximate surface area is 282 Å². The Morgan fingerprint density at radius 3 is 2.26 bits per heavy atom. The van der Waals surface area contributed by atoms with Gasteiger partial charge in [-0.1, -0.05) is 80.6 Å². The number of nitrogens with zero attached hydrogens (tertiary/aromatic N) is 2. The molecule has 7 nitrogen and oxygen atoms in total. The molecule has 1 spiro atoms. The first-order valence-electron chi connectivity index (χ1n) is 16.6. The topological polar surface area (TPSA) is 115 Å². The van der Waals surface area contributed by atoms with Gasteiger partial charge in [0.25, 0.3) is 0 Å². The number of nitrogens with two attached hydrogens (primary N) is 2. The number of likely N-dealkylation sites (tertiary alicyclic amines) is 1. The van der Waals surface area contributed by atoms with Crippen molar-refractivity contribution in [3.05, 3.63) is 119 Å². The quantitative estimate of drug-likeness (QED) is 0.253. The van der Waals surface area contributed by atoms with E-state index >= 15 is 0 Å². The number of methoxy groups -OCH3 is 1. The minimum absolute atomic E-state index is 0.00648. The number of fused-ring (bicyclic) bond motifs is 1. The number of hydrogen-bond donors (Lipinski definition) is 2. The summed E-state index contributed by atoms with van der Waals surface area (Å²) in [4.78, 5) is 13.1. The Morgan fingerprint density at radius 1 is 1.06 bits per heavy atom. The minimum atomic E-state index is -0.576. The fourth-order valence-corrected chi connectivity index (χ4v) is 5.45. The Kier molecular flexibility index (Phi) is 17.1. The third-order valence-corrected chi connectivity index (χ3v) is 8.13. The number of rotatable bonds is 8. The van der Waals surface area contributed by atoms with E-state index in [1.54, 1.807) is 7.11 Å². The highest BCUT2D eigenvalue weighted by atomic mass is 16.5. The molecular weight excluding hydrogens is 584 g/mol. The molecule has 1 amide bonds. The molecule has 0 bridgehead atoms. The summed E-state index contributed by atoms with van der Waals surface area (Å²) in [5.74, 6) is 1.48. The van der Waals surface area contributed by atoms with Crippen LogP contribution in [0.1, 0.15) is 69.2 Å². The van der Waals surface area contributed by atoms with Gasteiger partial charge in [0.2, 0.25) is 5.91 Å². The predicted molar refractivity (Wildman–Crippen MR) is 194 cm³/mol. The molecule has 3 aromatic carbocycles. The first-order chi connectivity index (χ1) is 22.7. The van der Waals surface area contributed by atoms with Crippen LogP contribution in [0.2, 0.25) is 0 Å². The number of amides is 1. The van der Waals surface area contributed by atoms with E-state index in [9.17, 15) is 4.79 Å². The van der Waals surface area contributed by atoms with Crippen molar-refractivity contribution in [1.82, 2.24) is 4.90 Å². The van der Waals surface area contributed by atoms with Crippen molar-refractivity contribution in [3.63, 3.8) is 0 Å². The SMILES string of the molecule is C=C(C)/C=C\C.CC.COc1ccc2c(c1)CCC1(CCN(CCc3ccc(C#N)cc3)CC1)O2.NC(=O)[C@H](N)Cc1ccccc1. The largest absolute Gasteiger partial charge is 0.497 e. The van der Waals surface area contributed by atoms with E-state index in [4.69, 9.17) is 26.2 Å². The van der Waals surface area contributed by atoms with E-state index in [1.807, 2.05) is 88.4 Å². The van der Waals surface area contributed by atoms with Crippen molar-refractivity contribution in [1.29, 1.82) is 5.26 Å². The van der Waals surface area contributed by atoms with Crippen molar-refractivity contribution in [2.24, 2.45) is 11.5 Å². The fourth-order valence-electron chi connectivity index (χ4n) is 5.45. The summed E-state index contributed by atoms with van der Waals surface area (Å²) in [6, 6.07) is 25.3. The van der Waals surface area contributed by atoms with Crippen LogP contribution in [-0.4, -0.2) is 49.2 Å². The van der Waals surface area contributed by atoms with Gasteiger partial charge in [-0.25, -0.2) is 0 Å². The zero-order valence-corrected chi connectivity index (χ0v) is 29.0. The Hall–Kier alpha value is -4.38. The summed E-state index contributed by atoms with van der Waals surface area (Å²) in [7, 11) is 1.71. The van der Waals surface area contributed by atoms with Gasteiger partial charge in [0.1, 0.15) is 17.1 Å². The van der Waals surface area contributed by atoms with E-state index in [1.165, 1.54) is 11.1 Å². The second-order valence-corrected chi connectivity index (χ2v) is 11.7. The zero-order valence-electron chi connectivity index (χ0n) is 29.0. The maximum absolute atomic E-state index is 10.6. The highest BCUT2D eigenvalue weighted by Gasteiger charge is 2.39. The average Bonchev–Trinajstić information content (AvgIpc) is 3.10. The number of ether oxygens (including phenoxy) is 2. The third-order valence-electron chi connectivity index (χ3n) is 8.13. The van der Waals surface area contributed by atoms with Gasteiger partial charge in [-0.05, 0) is 99.4 Å². The number of benzene rings is 3. The molecule has 0 radical (unpaired) electrons. The van der Waals surface area contributed by atoms with Crippen LogP contribution in [0, 0.1) is 11.3 Å². The maximum Gasteiger partial charge on any atom is 0.234 e. The lowest BCUT2D eigenvalue weighted by molar-refractivity contribution is -0.119. The molecule has 3 aromatic rings. The minimum Gasteiger partial charge on any atom is -0.497 e. The number of nitriles is 1. The smallest absolute Gasteiger partial charge is 0.234 e. The summed E-state index contributed by atoms with van der Waals surface area (Å²) >= 11 is 0. The number of primary amides is 1. The molecule has 4 N–H and O–H groups in total. The zero-order chi connectivity index (χ0) is 34.7. The van der Waals surface area contributed by atoms with Crippen LogP contribution >= 0.6 is 0 Å². The monoisotopic (exact) mass is 638 g/mol. The highest BCUT2D eigenvalue weighted by molar-refractivity contribution is 5.79. The van der Waals surface area contributed by atoms with Gasteiger partial charge in [0.15, 0.2) is 0 Å². The first kappa shape index (κ1) is 38.8. The van der Waals surface area contributed by atoms with E-state index in [0.717, 1.165) is 79.9 Å². The lowest BCUT2D eigenvalue weighted by atomic mass is 9.83. The van der Waals surface area contributed by atoms with Crippen molar-refractivity contribution in [2.45, 2.75) is 77.9 Å². The molecule has 7 heteroatoms. The van der Waals surface area contributed by atoms with Crippen molar-refractivity contribution >= 4 is 5.91 Å². The third kappa shape index (κ3) is 13.5. The van der Waals surface area contributed by atoms with Gasteiger partial charge in [-0.15, -0.1) is 0 Å². The molecule has 0 aromatic heterocycles. The second kappa shape index (κ2) is 20.7. The van der Waals surface area contributed by atoms with Gasteiger partial charge in [0, 0.05) is 19.6 Å². The molecular formula is C40H54N4O3. The Balaban J connectivity index is 0.000000318. The second-order valence-electron chi connectivity index (χ2n) is 11.7. The first-order valence-corrected chi connectivity index (χ1v) is 16.6. The lowest BCUT2D eigenvalue weighted by Gasteiger charge is -2.44. The molecule has 5 rings (SSSR count). The molecule has 0 saturated carbocycles. The maximum atomic E-state index is 10.6. The summed E-state index contributed by atoms with van der Waals surface area (Å²) in [5.41, 5.74) is 15.9. The van der Waals surface area contributed by atoms with Gasteiger partial charge in [-0.2, -0.15) is 5.26 Å². The molecule has 252 valence electrons. The molecule has 47 heavy (non-hydrogen) atoms. The van der Waals surface area contributed by atoms with Crippen LogP contribution in [-0.2, 0) is 24.1 Å². The van der Waals surface area contributed by atoms with Gasteiger partial charge in [-0.3, -0.25) is 4.79 Å². The average molecular weight is 639 g/mol. The summed E-state index contributed by atoms with van der Waals surface area (Å²) in [5, 5.41) is 8.89. The van der Waals surface area contributed by atoms with Crippen LogP contribution in [0.5, 0.6) is 11.5 Å². The molecule has 1 fully saturated rings. The molecule has 0 aliphatic carbocycles. The Morgan fingerprint density at radius 2 is 1.72 bits per heavy atom. The number of aryl methyl sites for hydroxylation is 1. The number of hydrogen-bond acceptors (Lipinski definition) is 6.